The molecule has 1 aromatic carbocycles. The molecule has 0 atom stereocenters. The van der Waals surface area contributed by atoms with Crippen LogP contribution in [0, 0.1) is 13.8 Å². The molecule has 98 valence electrons. The van der Waals surface area contributed by atoms with Crippen molar-refractivity contribution in [3.63, 3.8) is 0 Å². The molecule has 0 radical (unpaired) electrons. The van der Waals surface area contributed by atoms with Crippen LogP contribution in [0.15, 0.2) is 34.8 Å². The van der Waals surface area contributed by atoms with Gasteiger partial charge >= 0.3 is 0 Å². The van der Waals surface area contributed by atoms with E-state index in [4.69, 9.17) is 5.73 Å². The van der Waals surface area contributed by atoms with Crippen molar-refractivity contribution < 1.29 is 4.79 Å². The molecular weight excluding hydrogens is 306 g/mol. The molecule has 1 heterocycles. The number of hydrogen-bond acceptors (Lipinski definition) is 3. The summed E-state index contributed by atoms with van der Waals surface area (Å²) in [7, 11) is 0. The first-order chi connectivity index (χ1) is 8.95. The summed E-state index contributed by atoms with van der Waals surface area (Å²) >= 11 is 3.32. The largest absolute Gasteiger partial charge is 0.399 e. The maximum Gasteiger partial charge on any atom is 0.255 e. The Kier molecular flexibility index (Phi) is 3.85. The molecule has 0 saturated carbocycles. The van der Waals surface area contributed by atoms with Crippen molar-refractivity contribution in [3.05, 3.63) is 51.8 Å². The number of nitrogens with two attached hydrogens (primary N) is 1. The number of anilines is 2. The van der Waals surface area contributed by atoms with Gasteiger partial charge in [-0.25, -0.2) is 0 Å². The van der Waals surface area contributed by atoms with Crippen LogP contribution < -0.4 is 11.1 Å². The van der Waals surface area contributed by atoms with Gasteiger partial charge in [0.25, 0.3) is 5.91 Å². The number of aryl methyl sites for hydroxylation is 2. The maximum atomic E-state index is 12.1. The molecular formula is C14H14BrN3O. The zero-order valence-corrected chi connectivity index (χ0v) is 12.3. The lowest BCUT2D eigenvalue weighted by Crippen LogP contribution is -2.13. The van der Waals surface area contributed by atoms with Gasteiger partial charge in [-0.1, -0.05) is 15.9 Å². The minimum atomic E-state index is -0.207. The molecule has 5 heteroatoms. The molecule has 1 amide bonds. The minimum Gasteiger partial charge on any atom is -0.399 e. The lowest BCUT2D eigenvalue weighted by molar-refractivity contribution is 0.102. The van der Waals surface area contributed by atoms with E-state index in [1.807, 2.05) is 26.0 Å². The second kappa shape index (κ2) is 5.40. The number of rotatable bonds is 2. The van der Waals surface area contributed by atoms with Gasteiger partial charge in [0.05, 0.1) is 11.4 Å². The summed E-state index contributed by atoms with van der Waals surface area (Å²) in [6.07, 6.45) is 0. The number of pyridine rings is 1. The summed E-state index contributed by atoms with van der Waals surface area (Å²) in [6.45, 7) is 3.77. The highest BCUT2D eigenvalue weighted by Gasteiger charge is 2.09. The Labute approximate surface area is 120 Å². The Morgan fingerprint density at radius 2 is 2.00 bits per heavy atom. The van der Waals surface area contributed by atoms with Crippen molar-refractivity contribution in [2.75, 3.05) is 11.1 Å². The van der Waals surface area contributed by atoms with Crippen molar-refractivity contribution in [1.29, 1.82) is 0 Å². The predicted octanol–water partition coefficient (Wildman–Crippen LogP) is 3.30. The fourth-order valence-corrected chi connectivity index (χ4v) is 2.27. The lowest BCUT2D eigenvalue weighted by atomic mass is 10.2. The summed E-state index contributed by atoms with van der Waals surface area (Å²) in [5, 5.41) is 2.83. The number of aromatic nitrogens is 1. The fourth-order valence-electron chi connectivity index (χ4n) is 1.76. The number of benzene rings is 1. The summed E-state index contributed by atoms with van der Waals surface area (Å²) < 4.78 is 0.774. The summed E-state index contributed by atoms with van der Waals surface area (Å²) in [6, 6.07) is 8.81. The summed E-state index contributed by atoms with van der Waals surface area (Å²) in [5.74, 6) is -0.207. The molecule has 0 aliphatic carbocycles. The Morgan fingerprint density at radius 3 is 2.63 bits per heavy atom. The van der Waals surface area contributed by atoms with E-state index in [9.17, 15) is 4.79 Å². The second-order valence-electron chi connectivity index (χ2n) is 4.31. The van der Waals surface area contributed by atoms with E-state index in [1.165, 1.54) is 0 Å². The molecule has 19 heavy (non-hydrogen) atoms. The van der Waals surface area contributed by atoms with Crippen molar-refractivity contribution in [3.8, 4) is 0 Å². The smallest absolute Gasteiger partial charge is 0.255 e. The van der Waals surface area contributed by atoms with E-state index in [0.717, 1.165) is 15.9 Å². The van der Waals surface area contributed by atoms with Gasteiger partial charge in [0, 0.05) is 21.4 Å². The van der Waals surface area contributed by atoms with Crippen molar-refractivity contribution in [2.45, 2.75) is 13.8 Å². The molecule has 1 aromatic heterocycles. The molecule has 0 saturated heterocycles. The van der Waals surface area contributed by atoms with Gasteiger partial charge in [0.1, 0.15) is 0 Å². The van der Waals surface area contributed by atoms with Gasteiger partial charge in [-0.05, 0) is 44.2 Å². The van der Waals surface area contributed by atoms with Gasteiger partial charge in [0.2, 0.25) is 0 Å². The monoisotopic (exact) mass is 319 g/mol. The third-order valence-corrected chi connectivity index (χ3v) is 3.11. The molecule has 0 bridgehead atoms. The van der Waals surface area contributed by atoms with E-state index < -0.39 is 0 Å². The minimum absolute atomic E-state index is 0.207. The third kappa shape index (κ3) is 3.32. The molecule has 0 unspecified atom stereocenters. The molecule has 2 aromatic rings. The normalized spacial score (nSPS) is 10.3. The quantitative estimate of drug-likeness (QED) is 0.834. The van der Waals surface area contributed by atoms with Crippen LogP contribution in [-0.2, 0) is 0 Å². The van der Waals surface area contributed by atoms with Gasteiger partial charge in [-0.3, -0.25) is 9.78 Å². The van der Waals surface area contributed by atoms with Crippen LogP contribution in [0.1, 0.15) is 21.7 Å². The van der Waals surface area contributed by atoms with Crippen molar-refractivity contribution in [1.82, 2.24) is 4.98 Å². The highest BCUT2D eigenvalue weighted by molar-refractivity contribution is 9.10. The van der Waals surface area contributed by atoms with Gasteiger partial charge in [0.15, 0.2) is 0 Å². The number of nitrogens with zero attached hydrogens (tertiary/aromatic N) is 1. The number of amides is 1. The Balaban J connectivity index is 2.25. The number of carbonyl (C=O) groups is 1. The van der Waals surface area contributed by atoms with Crippen LogP contribution in [0.25, 0.3) is 0 Å². The Hall–Kier alpha value is -1.88. The van der Waals surface area contributed by atoms with Crippen LogP contribution >= 0.6 is 15.9 Å². The number of nitrogen functional groups attached to an aromatic ring is 1. The lowest BCUT2D eigenvalue weighted by Gasteiger charge is -2.09. The topological polar surface area (TPSA) is 68.0 Å². The molecule has 2 rings (SSSR count). The van der Waals surface area contributed by atoms with E-state index >= 15 is 0 Å². The highest BCUT2D eigenvalue weighted by Crippen LogP contribution is 2.19. The fraction of sp³-hybridized carbons (Fsp3) is 0.143. The molecule has 0 fully saturated rings. The van der Waals surface area contributed by atoms with Crippen molar-refractivity contribution >= 4 is 33.2 Å². The molecule has 0 spiro atoms. The van der Waals surface area contributed by atoms with Crippen molar-refractivity contribution in [2.24, 2.45) is 0 Å². The summed E-state index contributed by atoms with van der Waals surface area (Å²) in [4.78, 5) is 16.4. The first-order valence-corrected chi connectivity index (χ1v) is 6.56. The van der Waals surface area contributed by atoms with Crippen LogP contribution in [0.4, 0.5) is 11.4 Å². The SMILES string of the molecule is Cc1ccc(NC(=O)c2cc(N)cc(Br)c2)c(C)n1. The van der Waals surface area contributed by atoms with Crippen LogP contribution in [-0.4, -0.2) is 10.9 Å². The average Bonchev–Trinajstić information content (AvgIpc) is 2.31. The molecule has 0 aliphatic heterocycles. The van der Waals surface area contributed by atoms with Gasteiger partial charge in [-0.2, -0.15) is 0 Å². The summed E-state index contributed by atoms with van der Waals surface area (Å²) in [5.41, 5.74) is 9.17. The highest BCUT2D eigenvalue weighted by atomic mass is 79.9. The van der Waals surface area contributed by atoms with Gasteiger partial charge < -0.3 is 11.1 Å². The van der Waals surface area contributed by atoms with Crippen LogP contribution in [0.2, 0.25) is 0 Å². The average molecular weight is 320 g/mol. The van der Waals surface area contributed by atoms with E-state index in [-0.39, 0.29) is 5.91 Å². The predicted molar refractivity (Wildman–Crippen MR) is 80.2 cm³/mol. The molecule has 0 aliphatic rings. The first kappa shape index (κ1) is 13.5. The number of carbonyl (C=O) groups excluding carboxylic acids is 1. The Bertz CT molecular complexity index is 620. The maximum absolute atomic E-state index is 12.1. The van der Waals surface area contributed by atoms with E-state index in [1.54, 1.807) is 18.2 Å². The van der Waals surface area contributed by atoms with Crippen LogP contribution in [0.3, 0.4) is 0 Å². The Morgan fingerprint density at radius 1 is 1.26 bits per heavy atom. The zero-order valence-electron chi connectivity index (χ0n) is 10.7. The van der Waals surface area contributed by atoms with E-state index in [2.05, 4.69) is 26.2 Å². The molecule has 4 nitrogen and oxygen atoms in total. The number of halogens is 1. The molecule has 3 N–H and O–H groups in total. The zero-order chi connectivity index (χ0) is 14.0. The first-order valence-electron chi connectivity index (χ1n) is 5.77. The second-order valence-corrected chi connectivity index (χ2v) is 5.23. The third-order valence-electron chi connectivity index (χ3n) is 2.66. The standard InChI is InChI=1S/C14H14BrN3O/c1-8-3-4-13(9(2)17-8)18-14(19)10-5-11(15)7-12(16)6-10/h3-7H,16H2,1-2H3,(H,18,19). The van der Waals surface area contributed by atoms with Crippen LogP contribution in [0.5, 0.6) is 0 Å². The number of nitrogens with one attached hydrogen (secondary N) is 1. The van der Waals surface area contributed by atoms with Gasteiger partial charge in [-0.15, -0.1) is 0 Å². The van der Waals surface area contributed by atoms with E-state index in [0.29, 0.717) is 16.9 Å². The number of hydrogen-bond donors (Lipinski definition) is 2.